The molecule has 9 N–H and O–H groups in total. The van der Waals surface area contributed by atoms with Gasteiger partial charge in [-0.05, 0) is 98.4 Å². The van der Waals surface area contributed by atoms with Gasteiger partial charge in [0, 0.05) is 69.1 Å². The number of benzene rings is 1. The van der Waals surface area contributed by atoms with Crippen molar-refractivity contribution >= 4 is 84.1 Å². The van der Waals surface area contributed by atoms with E-state index in [0.29, 0.717) is 71.2 Å². The molecule has 450 valence electrons. The summed E-state index contributed by atoms with van der Waals surface area (Å²) in [5.41, 5.74) is 12.3. The van der Waals surface area contributed by atoms with E-state index >= 15 is 0 Å². The molecule has 0 radical (unpaired) electrons. The summed E-state index contributed by atoms with van der Waals surface area (Å²) in [5, 5.41) is 27.4. The number of aryl methyl sites for hydroxylation is 2. The van der Waals surface area contributed by atoms with Gasteiger partial charge < -0.3 is 40.4 Å². The van der Waals surface area contributed by atoms with Gasteiger partial charge >= 0.3 is 26.6 Å². The Hall–Kier alpha value is -5.99. The van der Waals surface area contributed by atoms with Crippen LogP contribution in [0.25, 0.3) is 0 Å². The fourth-order valence-corrected chi connectivity index (χ4v) is 13.6. The molecular formula is C55H65ClN10O14S4. The molecule has 5 aromatic heterocycles. The first-order valence-corrected chi connectivity index (χ1v) is 31.9. The number of hydrogen-bond acceptors (Lipinski definition) is 24. The predicted octanol–water partition coefficient (Wildman–Crippen LogP) is 5.61. The molecule has 2 aliphatic carbocycles. The van der Waals surface area contributed by atoms with Crippen molar-refractivity contribution in [3.05, 3.63) is 137 Å². The van der Waals surface area contributed by atoms with Crippen LogP contribution < -0.4 is 31.4 Å². The van der Waals surface area contributed by atoms with Gasteiger partial charge in [0.15, 0.2) is 0 Å². The van der Waals surface area contributed by atoms with E-state index in [1.807, 2.05) is 56.3 Å². The maximum Gasteiger partial charge on any atom is 0.333 e. The maximum absolute atomic E-state index is 13.9. The van der Waals surface area contributed by atoms with Gasteiger partial charge in [-0.2, -0.15) is 16.8 Å². The van der Waals surface area contributed by atoms with Crippen LogP contribution in [0.5, 0.6) is 5.88 Å². The van der Waals surface area contributed by atoms with Crippen molar-refractivity contribution in [2.75, 3.05) is 44.2 Å². The van der Waals surface area contributed by atoms with E-state index in [-0.39, 0.29) is 60.0 Å². The number of ketones is 2. The van der Waals surface area contributed by atoms with E-state index < -0.39 is 62.8 Å². The van der Waals surface area contributed by atoms with Crippen molar-refractivity contribution < 1.29 is 63.6 Å². The molecule has 2 saturated carbocycles. The quantitative estimate of drug-likeness (QED) is 0.0399. The van der Waals surface area contributed by atoms with Gasteiger partial charge in [-0.15, -0.1) is 22.7 Å². The van der Waals surface area contributed by atoms with Gasteiger partial charge in [-0.3, -0.25) is 22.7 Å². The van der Waals surface area contributed by atoms with E-state index in [2.05, 4.69) is 39.7 Å². The zero-order chi connectivity index (χ0) is 60.2. The molecule has 0 amide bonds. The number of rotatable bonds is 20. The molecule has 6 aromatic rings. The molecule has 2 aliphatic heterocycles. The lowest BCUT2D eigenvalue weighted by Crippen LogP contribution is -2.40. The summed E-state index contributed by atoms with van der Waals surface area (Å²) >= 11 is 9.02. The molecule has 29 heteroatoms. The van der Waals surface area contributed by atoms with Gasteiger partial charge in [0.25, 0.3) is 0 Å². The number of nitrogens with two attached hydrogens (primary N) is 3. The Morgan fingerprint density at radius 3 is 1.87 bits per heavy atom. The standard InChI is InChI=1S/C30H36ClN5O7S2.C25H29N5O7S2/c1-15(2)26(32)30(38)43-24-10-20(8-18(24)13-42-45(33,39)40)36-29-23(12-34-14-35-29)27(37)25-11-21(16(3)44-25)28-22-9-19(31)5-4-17(22)6-7-41-28;1-13-17(24-22-14(5-6-36-24)3-4-21(30-22)35-2)9-20(38-13)23(32)18-10-27-12-28-25(18)29-16-7-15(19(31)8-16)11-37-39(26,33)34/h4-5,9,11-12,14-15,18,20,24,26,28H,6-8,10,13,32H2,1-3H3,(H2,33,39,40)(H,34,35,36);3-4,9-10,12,15-16,19,24,31H,5-8,11H2,1-2H3,(H2,26,33,34)(H,27,28,29)/t18-,20-,24+,26+,28+;15-,16-,19+,24+/m11/s1. The molecule has 4 aliphatic rings. The van der Waals surface area contributed by atoms with E-state index in [4.69, 9.17) is 50.7 Å². The zero-order valence-electron chi connectivity index (χ0n) is 46.4. The average molecular weight is 1250 g/mol. The van der Waals surface area contributed by atoms with Crippen LogP contribution in [0.1, 0.15) is 125 Å². The number of hydrogen-bond donors (Lipinski definition) is 6. The highest BCUT2D eigenvalue weighted by Crippen LogP contribution is 2.42. The Morgan fingerprint density at radius 2 is 1.29 bits per heavy atom. The van der Waals surface area contributed by atoms with Crippen LogP contribution >= 0.6 is 34.3 Å². The number of carbonyl (C=O) groups is 3. The van der Waals surface area contributed by atoms with Crippen molar-refractivity contribution in [2.45, 2.75) is 109 Å². The third kappa shape index (κ3) is 15.2. The van der Waals surface area contributed by atoms with Gasteiger partial charge in [-0.1, -0.05) is 37.6 Å². The summed E-state index contributed by atoms with van der Waals surface area (Å²) in [6, 6.07) is 11.9. The summed E-state index contributed by atoms with van der Waals surface area (Å²) in [6.07, 6.45) is 6.26. The molecule has 84 heavy (non-hydrogen) atoms. The van der Waals surface area contributed by atoms with Gasteiger partial charge in [0.05, 0.1) is 66.2 Å². The van der Waals surface area contributed by atoms with Crippen molar-refractivity contribution in [1.29, 1.82) is 0 Å². The number of nitrogens with one attached hydrogen (secondary N) is 2. The molecule has 0 unspecified atom stereocenters. The smallest absolute Gasteiger partial charge is 0.333 e. The maximum atomic E-state index is 13.9. The Balaban J connectivity index is 0.000000204. The minimum atomic E-state index is -4.21. The summed E-state index contributed by atoms with van der Waals surface area (Å²) in [6.45, 7) is 8.09. The third-order valence-corrected chi connectivity index (χ3v) is 18.4. The highest BCUT2D eigenvalue weighted by atomic mass is 35.5. The second-order valence-electron chi connectivity index (χ2n) is 21.2. The lowest BCUT2D eigenvalue weighted by Gasteiger charge is -2.26. The molecule has 2 fully saturated rings. The molecule has 0 bridgehead atoms. The van der Waals surface area contributed by atoms with Crippen molar-refractivity contribution in [1.82, 2.24) is 24.9 Å². The number of aliphatic hydroxyl groups excluding tert-OH is 1. The first-order valence-electron chi connectivity index (χ1n) is 26.9. The number of aromatic nitrogens is 5. The number of halogens is 1. The SMILES string of the molecule is COc1ccc2c(n1)[C@H](c1cc(C(=O)c3cncnc3N[C@@H]3C[C@H](COS(N)(=O)=O)[C@@H](O)C3)sc1C)OCC2.Cc1sc(C(=O)c2cncnc2N[C@@H]2C[C@H](COS(N)(=O)=O)[C@@H](OC(=O)[C@@H](N)C(C)C)C2)cc1[C@@H]1OCCc2ccc(Cl)cc21. The Labute approximate surface area is 499 Å². The second kappa shape index (κ2) is 26.7. The fraction of sp³-hybridized carbons (Fsp3) is 0.455. The number of nitrogens with zero attached hydrogens (tertiary/aromatic N) is 5. The van der Waals surface area contributed by atoms with Crippen LogP contribution in [0.3, 0.4) is 0 Å². The minimum absolute atomic E-state index is 0.153. The lowest BCUT2D eigenvalue weighted by molar-refractivity contribution is -0.154. The number of esters is 1. The molecule has 1 aromatic carbocycles. The van der Waals surface area contributed by atoms with Crippen LogP contribution in [0.2, 0.25) is 5.02 Å². The average Bonchev–Trinajstić information content (AvgIpc) is 3.97. The van der Waals surface area contributed by atoms with Crippen LogP contribution in [-0.2, 0) is 60.8 Å². The van der Waals surface area contributed by atoms with Crippen LogP contribution in [0, 0.1) is 31.6 Å². The molecule has 24 nitrogen and oxygen atoms in total. The summed E-state index contributed by atoms with van der Waals surface area (Å²) in [4.78, 5) is 64.4. The number of fused-ring (bicyclic) bond motifs is 2. The van der Waals surface area contributed by atoms with E-state index in [1.54, 1.807) is 21.0 Å². The molecular weight excluding hydrogens is 1190 g/mol. The van der Waals surface area contributed by atoms with Crippen LogP contribution in [0.4, 0.5) is 11.6 Å². The number of methoxy groups -OCH3 is 1. The monoisotopic (exact) mass is 1250 g/mol. The minimum Gasteiger partial charge on any atom is -0.481 e. The first kappa shape index (κ1) is 62.5. The first-order chi connectivity index (χ1) is 39.9. The number of anilines is 2. The number of pyridine rings is 1. The molecule has 0 spiro atoms. The van der Waals surface area contributed by atoms with E-state index in [1.165, 1.54) is 47.7 Å². The summed E-state index contributed by atoms with van der Waals surface area (Å²) in [5.74, 6) is -1.06. The highest BCUT2D eigenvalue weighted by molar-refractivity contribution is 7.84. The van der Waals surface area contributed by atoms with E-state index in [0.717, 1.165) is 56.1 Å². The number of aliphatic hydroxyl groups is 1. The van der Waals surface area contributed by atoms with Gasteiger partial charge in [0.2, 0.25) is 17.4 Å². The molecule has 0 saturated heterocycles. The third-order valence-electron chi connectivity index (χ3n) is 15.1. The van der Waals surface area contributed by atoms with Crippen molar-refractivity contribution in [2.24, 2.45) is 33.8 Å². The van der Waals surface area contributed by atoms with Crippen LogP contribution in [-0.4, -0.2) is 128 Å². The molecule has 10 rings (SSSR count). The molecule has 9 atom stereocenters. The molecule has 7 heterocycles. The van der Waals surface area contributed by atoms with Crippen molar-refractivity contribution in [3.8, 4) is 5.88 Å². The highest BCUT2D eigenvalue weighted by Gasteiger charge is 2.40. The fourth-order valence-electron chi connectivity index (χ4n) is 10.7. The van der Waals surface area contributed by atoms with Gasteiger partial charge in [-0.25, -0.2) is 35.2 Å². The van der Waals surface area contributed by atoms with E-state index in [9.17, 15) is 36.3 Å². The summed E-state index contributed by atoms with van der Waals surface area (Å²) in [7, 11) is -6.75. The number of thiophene rings is 2. The predicted molar refractivity (Wildman–Crippen MR) is 311 cm³/mol. The Bertz CT molecular complexity index is 3630. The normalized spacial score (nSPS) is 22.5. The zero-order valence-corrected chi connectivity index (χ0v) is 50.5. The Morgan fingerprint density at radius 1 is 0.750 bits per heavy atom. The number of carbonyl (C=O) groups excluding carboxylic acids is 3. The number of ether oxygens (including phenoxy) is 4. The van der Waals surface area contributed by atoms with Crippen molar-refractivity contribution in [3.63, 3.8) is 0 Å². The topological polar surface area (TPSA) is 362 Å². The summed E-state index contributed by atoms with van der Waals surface area (Å²) < 4.78 is 78.0. The second-order valence-corrected chi connectivity index (χ2v) is 26.6. The Kier molecular flexibility index (Phi) is 19.9. The van der Waals surface area contributed by atoms with Gasteiger partial charge in [0.1, 0.15) is 48.6 Å². The largest absolute Gasteiger partial charge is 0.481 e. The van der Waals surface area contributed by atoms with Crippen LogP contribution in [0.15, 0.2) is 67.5 Å². The lowest BCUT2D eigenvalue weighted by atomic mass is 9.93.